The van der Waals surface area contributed by atoms with Crippen LogP contribution in [0.3, 0.4) is 0 Å². The molecule has 5 heteroatoms. The molecule has 1 aliphatic heterocycles. The van der Waals surface area contributed by atoms with Crippen molar-refractivity contribution in [1.29, 1.82) is 0 Å². The first kappa shape index (κ1) is 19.9. The number of aromatic hydroxyl groups is 1. The van der Waals surface area contributed by atoms with Crippen LogP contribution in [0.1, 0.15) is 54.8 Å². The Bertz CT molecular complexity index is 807. The summed E-state index contributed by atoms with van der Waals surface area (Å²) in [6.45, 7) is 4.92. The monoisotopic (exact) mass is 380 g/mol. The van der Waals surface area contributed by atoms with E-state index in [1.165, 1.54) is 12.5 Å². The van der Waals surface area contributed by atoms with Crippen LogP contribution in [-0.2, 0) is 9.59 Å². The molecule has 0 bridgehead atoms. The van der Waals surface area contributed by atoms with E-state index in [4.69, 9.17) is 0 Å². The van der Waals surface area contributed by atoms with E-state index >= 15 is 0 Å². The fourth-order valence-corrected chi connectivity index (χ4v) is 3.81. The summed E-state index contributed by atoms with van der Waals surface area (Å²) in [7, 11) is 0. The van der Waals surface area contributed by atoms with E-state index in [9.17, 15) is 14.7 Å². The molecule has 1 unspecified atom stereocenters. The lowest BCUT2D eigenvalue weighted by molar-refractivity contribution is -0.133. The third-order valence-electron chi connectivity index (χ3n) is 5.45. The molecular weight excluding hydrogens is 352 g/mol. The molecule has 2 aromatic carbocycles. The number of piperidine rings is 1. The van der Waals surface area contributed by atoms with Crippen molar-refractivity contribution in [3.63, 3.8) is 0 Å². The predicted molar refractivity (Wildman–Crippen MR) is 109 cm³/mol. The standard InChI is InChI=1S/C23H28N2O3/c1-16-3-5-20(6-4-16)22(24-17(2)26)15-23(28)25-13-11-19(12-14-25)18-7-9-21(27)10-8-18/h3-10,19,22,27H,11-15H2,1-2H3,(H,24,26). The number of amides is 2. The highest BCUT2D eigenvalue weighted by molar-refractivity contribution is 5.79. The average Bonchev–Trinajstić information content (AvgIpc) is 2.68. The van der Waals surface area contributed by atoms with Crippen molar-refractivity contribution >= 4 is 11.8 Å². The van der Waals surface area contributed by atoms with Gasteiger partial charge in [0.25, 0.3) is 0 Å². The van der Waals surface area contributed by atoms with Crippen LogP contribution in [-0.4, -0.2) is 34.9 Å². The van der Waals surface area contributed by atoms with Crippen molar-refractivity contribution in [2.24, 2.45) is 0 Å². The van der Waals surface area contributed by atoms with Crippen LogP contribution in [0.4, 0.5) is 0 Å². The number of hydrogen-bond donors (Lipinski definition) is 2. The first-order valence-corrected chi connectivity index (χ1v) is 9.82. The Morgan fingerprint density at radius 2 is 1.68 bits per heavy atom. The van der Waals surface area contributed by atoms with Gasteiger partial charge in [-0.3, -0.25) is 9.59 Å². The summed E-state index contributed by atoms with van der Waals surface area (Å²) in [5.41, 5.74) is 3.31. The molecule has 0 aliphatic carbocycles. The van der Waals surface area contributed by atoms with Crippen molar-refractivity contribution in [3.8, 4) is 5.75 Å². The number of carbonyl (C=O) groups is 2. The van der Waals surface area contributed by atoms with Crippen LogP contribution < -0.4 is 5.32 Å². The molecule has 1 saturated heterocycles. The van der Waals surface area contributed by atoms with Crippen molar-refractivity contribution in [3.05, 3.63) is 65.2 Å². The summed E-state index contributed by atoms with van der Waals surface area (Å²) < 4.78 is 0. The van der Waals surface area contributed by atoms with Gasteiger partial charge in [-0.05, 0) is 48.9 Å². The summed E-state index contributed by atoms with van der Waals surface area (Å²) >= 11 is 0. The minimum absolute atomic E-state index is 0.0727. The van der Waals surface area contributed by atoms with Crippen molar-refractivity contribution in [2.45, 2.75) is 45.1 Å². The van der Waals surface area contributed by atoms with Gasteiger partial charge in [0.15, 0.2) is 0 Å². The molecule has 5 nitrogen and oxygen atoms in total. The maximum Gasteiger partial charge on any atom is 0.224 e. The minimum Gasteiger partial charge on any atom is -0.508 e. The molecule has 3 rings (SSSR count). The number of likely N-dealkylation sites (tertiary alicyclic amines) is 1. The fraction of sp³-hybridized carbons (Fsp3) is 0.391. The SMILES string of the molecule is CC(=O)NC(CC(=O)N1CCC(c2ccc(O)cc2)CC1)c1ccc(C)cc1. The quantitative estimate of drug-likeness (QED) is 0.831. The third kappa shape index (κ3) is 5.12. The zero-order valence-corrected chi connectivity index (χ0v) is 16.5. The number of benzene rings is 2. The summed E-state index contributed by atoms with van der Waals surface area (Å²) in [6, 6.07) is 15.0. The number of hydrogen-bond acceptors (Lipinski definition) is 3. The maximum absolute atomic E-state index is 12.9. The maximum atomic E-state index is 12.9. The Hall–Kier alpha value is -2.82. The third-order valence-corrected chi connectivity index (χ3v) is 5.45. The largest absolute Gasteiger partial charge is 0.508 e. The second-order valence-corrected chi connectivity index (χ2v) is 7.61. The van der Waals surface area contributed by atoms with E-state index in [0.29, 0.717) is 19.0 Å². The highest BCUT2D eigenvalue weighted by atomic mass is 16.3. The van der Waals surface area contributed by atoms with Gasteiger partial charge in [-0.15, -0.1) is 0 Å². The van der Waals surface area contributed by atoms with Crippen molar-refractivity contribution in [2.75, 3.05) is 13.1 Å². The van der Waals surface area contributed by atoms with Gasteiger partial charge in [-0.2, -0.15) is 0 Å². The number of carbonyl (C=O) groups excluding carboxylic acids is 2. The molecule has 1 atom stereocenters. The Kier molecular flexibility index (Phi) is 6.34. The molecule has 0 aromatic heterocycles. The van der Waals surface area contributed by atoms with E-state index in [1.807, 2.05) is 48.2 Å². The van der Waals surface area contributed by atoms with Crippen molar-refractivity contribution in [1.82, 2.24) is 10.2 Å². The van der Waals surface area contributed by atoms with Crippen LogP contribution >= 0.6 is 0 Å². The second-order valence-electron chi connectivity index (χ2n) is 7.61. The van der Waals surface area contributed by atoms with Gasteiger partial charge in [-0.25, -0.2) is 0 Å². The van der Waals surface area contributed by atoms with E-state index in [2.05, 4.69) is 5.32 Å². The number of phenols is 1. The number of nitrogens with zero attached hydrogens (tertiary/aromatic N) is 1. The summed E-state index contributed by atoms with van der Waals surface area (Å²) in [4.78, 5) is 26.4. The highest BCUT2D eigenvalue weighted by Crippen LogP contribution is 2.30. The van der Waals surface area contributed by atoms with Gasteiger partial charge in [0, 0.05) is 20.0 Å². The van der Waals surface area contributed by atoms with Crippen LogP contribution in [0.15, 0.2) is 48.5 Å². The Labute approximate surface area is 166 Å². The molecule has 1 fully saturated rings. The summed E-state index contributed by atoms with van der Waals surface area (Å²) in [5, 5.41) is 12.4. The summed E-state index contributed by atoms with van der Waals surface area (Å²) in [6.07, 6.45) is 2.09. The lowest BCUT2D eigenvalue weighted by Crippen LogP contribution is -2.40. The first-order chi connectivity index (χ1) is 13.4. The highest BCUT2D eigenvalue weighted by Gasteiger charge is 2.26. The van der Waals surface area contributed by atoms with Crippen LogP contribution in [0.2, 0.25) is 0 Å². The van der Waals surface area contributed by atoms with Crippen LogP contribution in [0.25, 0.3) is 0 Å². The minimum atomic E-state index is -0.305. The zero-order chi connectivity index (χ0) is 20.1. The van der Waals surface area contributed by atoms with Crippen molar-refractivity contribution < 1.29 is 14.7 Å². The predicted octanol–water partition coefficient (Wildman–Crippen LogP) is 3.67. The normalized spacial score (nSPS) is 15.9. The topological polar surface area (TPSA) is 69.6 Å². The van der Waals surface area contributed by atoms with E-state index in [-0.39, 0.29) is 30.0 Å². The Balaban J connectivity index is 1.60. The average molecular weight is 380 g/mol. The van der Waals surface area contributed by atoms with Gasteiger partial charge >= 0.3 is 0 Å². The van der Waals surface area contributed by atoms with E-state index in [0.717, 1.165) is 24.0 Å². The molecule has 2 N–H and O–H groups in total. The first-order valence-electron chi connectivity index (χ1n) is 9.82. The lowest BCUT2D eigenvalue weighted by Gasteiger charge is -2.33. The van der Waals surface area contributed by atoms with Gasteiger partial charge in [0.2, 0.25) is 11.8 Å². The molecule has 2 aromatic rings. The lowest BCUT2D eigenvalue weighted by atomic mass is 9.89. The number of aryl methyl sites for hydroxylation is 1. The molecule has 1 aliphatic rings. The molecule has 0 saturated carbocycles. The number of rotatable bonds is 5. The Morgan fingerprint density at radius 3 is 2.25 bits per heavy atom. The fourth-order valence-electron chi connectivity index (χ4n) is 3.81. The molecule has 0 spiro atoms. The number of phenolic OH excluding ortho intramolecular Hbond substituents is 1. The van der Waals surface area contributed by atoms with Gasteiger partial charge in [-0.1, -0.05) is 42.0 Å². The molecule has 28 heavy (non-hydrogen) atoms. The van der Waals surface area contributed by atoms with Gasteiger partial charge in [0.05, 0.1) is 12.5 Å². The molecule has 2 amide bonds. The second kappa shape index (κ2) is 8.91. The number of nitrogens with one attached hydrogen (secondary N) is 1. The van der Waals surface area contributed by atoms with E-state index in [1.54, 1.807) is 12.1 Å². The zero-order valence-electron chi connectivity index (χ0n) is 16.5. The molecule has 0 radical (unpaired) electrons. The molecule has 1 heterocycles. The van der Waals surface area contributed by atoms with Gasteiger partial charge < -0.3 is 15.3 Å². The summed E-state index contributed by atoms with van der Waals surface area (Å²) in [5.74, 6) is 0.622. The molecule has 148 valence electrons. The molecular formula is C23H28N2O3. The Morgan fingerprint density at radius 1 is 1.07 bits per heavy atom. The van der Waals surface area contributed by atoms with Crippen LogP contribution in [0, 0.1) is 6.92 Å². The van der Waals surface area contributed by atoms with E-state index < -0.39 is 0 Å². The smallest absolute Gasteiger partial charge is 0.224 e. The van der Waals surface area contributed by atoms with Gasteiger partial charge in [0.1, 0.15) is 5.75 Å². The van der Waals surface area contributed by atoms with Crippen LogP contribution in [0.5, 0.6) is 5.75 Å².